The van der Waals surface area contributed by atoms with E-state index >= 15 is 0 Å². The molecule has 0 saturated carbocycles. The summed E-state index contributed by atoms with van der Waals surface area (Å²) >= 11 is 0. The average molecular weight is 496 g/mol. The zero-order valence-corrected chi connectivity index (χ0v) is 21.1. The van der Waals surface area contributed by atoms with E-state index in [1.807, 2.05) is 12.1 Å². The minimum Gasteiger partial charge on any atom is -0.458 e. The average Bonchev–Trinajstić information content (AvgIpc) is 3.00. The molecule has 1 aliphatic carbocycles. The Morgan fingerprint density at radius 3 is 1.77 bits per heavy atom. The van der Waals surface area contributed by atoms with Gasteiger partial charge in [-0.15, -0.1) is 5.73 Å². The number of benzene rings is 6. The Bertz CT molecular complexity index is 2130. The molecule has 9 rings (SSSR count). The number of ether oxygens (including phenoxy) is 2. The lowest BCUT2D eigenvalue weighted by Gasteiger charge is -2.33. The Balaban J connectivity index is 1.33. The summed E-state index contributed by atoms with van der Waals surface area (Å²) in [5.41, 5.74) is 9.54. The van der Waals surface area contributed by atoms with Gasteiger partial charge in [0, 0.05) is 16.3 Å². The molecule has 6 aromatic rings. The fourth-order valence-electron chi connectivity index (χ4n) is 6.68. The number of rotatable bonds is 1. The number of para-hydroxylation sites is 2. The first-order valence-electron chi connectivity index (χ1n) is 13.4. The second-order valence-corrected chi connectivity index (χ2v) is 10.5. The maximum Gasteiger partial charge on any atom is 0.260 e. The van der Waals surface area contributed by atoms with Crippen LogP contribution in [-0.4, -0.2) is 6.71 Å². The van der Waals surface area contributed by atoms with Gasteiger partial charge in [0.25, 0.3) is 6.71 Å². The van der Waals surface area contributed by atoms with E-state index in [-0.39, 0.29) is 6.71 Å². The topological polar surface area (TPSA) is 18.5 Å². The maximum atomic E-state index is 6.54. The Labute approximate surface area is 225 Å². The molecule has 2 nitrogen and oxygen atoms in total. The second kappa shape index (κ2) is 7.77. The number of hydrogen-bond donors (Lipinski definition) is 0. The summed E-state index contributed by atoms with van der Waals surface area (Å²) in [5, 5.41) is 7.49. The normalized spacial score (nSPS) is 14.1. The summed E-state index contributed by atoms with van der Waals surface area (Å²) in [6, 6.07) is 38.4. The van der Waals surface area contributed by atoms with Crippen molar-refractivity contribution in [2.75, 3.05) is 0 Å². The van der Waals surface area contributed by atoms with Crippen molar-refractivity contribution in [2.24, 2.45) is 0 Å². The third kappa shape index (κ3) is 2.94. The van der Waals surface area contributed by atoms with Crippen molar-refractivity contribution in [1.29, 1.82) is 0 Å². The summed E-state index contributed by atoms with van der Waals surface area (Å²) in [7, 11) is 0. The van der Waals surface area contributed by atoms with Crippen molar-refractivity contribution in [3.8, 4) is 23.0 Å². The molecule has 6 aromatic carbocycles. The van der Waals surface area contributed by atoms with Crippen molar-refractivity contribution in [3.05, 3.63) is 125 Å². The van der Waals surface area contributed by atoms with E-state index < -0.39 is 0 Å². The van der Waals surface area contributed by atoms with E-state index in [1.165, 1.54) is 37.7 Å². The van der Waals surface area contributed by atoms with Crippen LogP contribution < -0.4 is 36.3 Å². The van der Waals surface area contributed by atoms with Gasteiger partial charge < -0.3 is 9.47 Å². The molecule has 0 amide bonds. The molecular weight excluding hydrogens is 475 g/mol. The minimum atomic E-state index is 0.0888. The second-order valence-electron chi connectivity index (χ2n) is 10.5. The summed E-state index contributed by atoms with van der Waals surface area (Å²) in [6.07, 6.45) is 3.15. The first-order chi connectivity index (χ1) is 19.3. The van der Waals surface area contributed by atoms with Gasteiger partial charge in [0.1, 0.15) is 23.0 Å². The van der Waals surface area contributed by atoms with Crippen LogP contribution in [-0.2, 0) is 0 Å². The smallest absolute Gasteiger partial charge is 0.260 e. The van der Waals surface area contributed by atoms with Crippen LogP contribution in [0.15, 0.2) is 109 Å². The Kier molecular flexibility index (Phi) is 4.19. The lowest BCUT2D eigenvalue weighted by atomic mass is 9.35. The molecular formula is C36H21BO2. The number of allylic oxidation sites excluding steroid dienone is 1. The summed E-state index contributed by atoms with van der Waals surface area (Å²) in [5.74, 6) is 3.55. The fraction of sp³-hybridized carbons (Fsp3) is 0.0278. The molecule has 0 bridgehead atoms. The van der Waals surface area contributed by atoms with Crippen LogP contribution in [0.3, 0.4) is 0 Å². The van der Waals surface area contributed by atoms with E-state index in [4.69, 9.17) is 9.47 Å². The van der Waals surface area contributed by atoms with Crippen molar-refractivity contribution in [2.45, 2.75) is 6.42 Å². The van der Waals surface area contributed by atoms with Gasteiger partial charge in [-0.05, 0) is 73.9 Å². The quantitative estimate of drug-likeness (QED) is 0.225. The fourth-order valence-corrected chi connectivity index (χ4v) is 6.68. The van der Waals surface area contributed by atoms with Gasteiger partial charge in [0.05, 0.1) is 0 Å². The lowest BCUT2D eigenvalue weighted by Crippen LogP contribution is -2.57. The molecule has 0 aromatic heterocycles. The molecule has 3 heteroatoms. The first kappa shape index (κ1) is 21.0. The molecule has 0 spiro atoms. The first-order valence-corrected chi connectivity index (χ1v) is 13.4. The molecule has 0 fully saturated rings. The molecule has 3 aliphatic rings. The van der Waals surface area contributed by atoms with Crippen LogP contribution in [0.5, 0.6) is 23.0 Å². The highest BCUT2D eigenvalue weighted by Crippen LogP contribution is 2.37. The molecule has 180 valence electrons. The van der Waals surface area contributed by atoms with E-state index in [9.17, 15) is 0 Å². The van der Waals surface area contributed by atoms with Gasteiger partial charge in [-0.25, -0.2) is 0 Å². The molecule has 0 atom stereocenters. The Morgan fingerprint density at radius 2 is 1.10 bits per heavy atom. The number of hydrogen-bond acceptors (Lipinski definition) is 2. The van der Waals surface area contributed by atoms with Crippen LogP contribution in [0.2, 0.25) is 0 Å². The minimum absolute atomic E-state index is 0.0888. The van der Waals surface area contributed by atoms with Crippen molar-refractivity contribution in [3.63, 3.8) is 0 Å². The zero-order valence-electron chi connectivity index (χ0n) is 21.1. The van der Waals surface area contributed by atoms with E-state index in [1.54, 1.807) is 0 Å². The van der Waals surface area contributed by atoms with Crippen LogP contribution in [0.1, 0.15) is 12.0 Å². The van der Waals surface area contributed by atoms with Gasteiger partial charge in [-0.2, -0.15) is 0 Å². The van der Waals surface area contributed by atoms with Crippen LogP contribution in [0.4, 0.5) is 0 Å². The van der Waals surface area contributed by atoms with E-state index in [0.717, 1.165) is 51.2 Å². The maximum absolute atomic E-state index is 6.54. The molecule has 39 heavy (non-hydrogen) atoms. The van der Waals surface area contributed by atoms with Gasteiger partial charge in [0.2, 0.25) is 0 Å². The summed E-state index contributed by atoms with van der Waals surface area (Å²) in [4.78, 5) is 0. The van der Waals surface area contributed by atoms with Gasteiger partial charge in [-0.3, -0.25) is 0 Å². The van der Waals surface area contributed by atoms with Crippen LogP contribution >= 0.6 is 0 Å². The summed E-state index contributed by atoms with van der Waals surface area (Å²) in [6.45, 7) is 0.0888. The largest absolute Gasteiger partial charge is 0.458 e. The van der Waals surface area contributed by atoms with Gasteiger partial charge in [-0.1, -0.05) is 91.0 Å². The highest BCUT2D eigenvalue weighted by Gasteiger charge is 2.40. The van der Waals surface area contributed by atoms with E-state index in [2.05, 4.69) is 109 Å². The SMILES string of the molecule is C1=C(c2cc3c4c(c2)Oc2ccccc2B4c2ccccc2O3)CC=c2c=1c1ccccc1c1ccccc21. The van der Waals surface area contributed by atoms with Crippen molar-refractivity contribution < 1.29 is 9.47 Å². The zero-order chi connectivity index (χ0) is 25.5. The molecule has 0 unspecified atom stereocenters. The molecule has 2 aliphatic heterocycles. The Hall–Kier alpha value is -4.98. The van der Waals surface area contributed by atoms with Crippen LogP contribution in [0.25, 0.3) is 38.9 Å². The monoisotopic (exact) mass is 496 g/mol. The van der Waals surface area contributed by atoms with Crippen molar-refractivity contribution in [1.82, 2.24) is 0 Å². The van der Waals surface area contributed by atoms with Gasteiger partial charge in [0.15, 0.2) is 0 Å². The molecule has 0 saturated heterocycles. The third-order valence-corrected chi connectivity index (χ3v) is 8.40. The molecule has 2 heterocycles. The molecule has 0 radical (unpaired) electrons. The molecule has 0 N–H and O–H groups in total. The Morgan fingerprint density at radius 1 is 0.564 bits per heavy atom. The predicted octanol–water partition coefficient (Wildman–Crippen LogP) is 5.37. The predicted molar refractivity (Wildman–Crippen MR) is 161 cm³/mol. The summed E-state index contributed by atoms with van der Waals surface area (Å²) < 4.78 is 13.1. The highest BCUT2D eigenvalue weighted by molar-refractivity contribution is 6.98. The highest BCUT2D eigenvalue weighted by atomic mass is 16.5. The van der Waals surface area contributed by atoms with Gasteiger partial charge >= 0.3 is 0 Å². The van der Waals surface area contributed by atoms with Crippen LogP contribution in [0, 0.1) is 0 Å². The third-order valence-electron chi connectivity index (χ3n) is 8.40. The number of fused-ring (bicyclic) bond motifs is 10. The lowest BCUT2D eigenvalue weighted by molar-refractivity contribution is 0.464. The standard InChI is InChI=1S/C36H21BO2/c1-2-11-26-24(9-1)25-10-3-4-12-27(25)29-19-22(17-18-28(26)29)23-20-34-36-35(21-23)39-33-16-8-6-14-31(33)37(36)30-13-5-7-15-32(30)38-34/h1-16,18,20-21H,17H2. The van der Waals surface area contributed by atoms with Crippen molar-refractivity contribution >= 4 is 62.0 Å². The van der Waals surface area contributed by atoms with E-state index in [0.29, 0.717) is 0 Å².